The minimum Gasteiger partial charge on any atom is -0.497 e. The van der Waals surface area contributed by atoms with Crippen molar-refractivity contribution in [1.29, 1.82) is 0 Å². The lowest BCUT2D eigenvalue weighted by molar-refractivity contribution is 0.102. The Balaban J connectivity index is 1.34. The Hall–Kier alpha value is -3.74. The number of hydrogen-bond donors (Lipinski definition) is 2. The summed E-state index contributed by atoms with van der Waals surface area (Å²) < 4.78 is 5.13. The van der Waals surface area contributed by atoms with Crippen molar-refractivity contribution < 1.29 is 9.53 Å². The first kappa shape index (κ1) is 19.6. The molecule has 1 aromatic heterocycles. The van der Waals surface area contributed by atoms with Crippen LogP contribution in [-0.2, 0) is 0 Å². The molecule has 3 N–H and O–H groups in total. The molecule has 0 bridgehead atoms. The van der Waals surface area contributed by atoms with Crippen molar-refractivity contribution >= 4 is 28.9 Å². The predicted molar refractivity (Wildman–Crippen MR) is 120 cm³/mol. The van der Waals surface area contributed by atoms with Gasteiger partial charge in [0.15, 0.2) is 0 Å². The van der Waals surface area contributed by atoms with Gasteiger partial charge in [0.05, 0.1) is 7.11 Å². The van der Waals surface area contributed by atoms with E-state index in [0.717, 1.165) is 49.1 Å². The number of ether oxygens (including phenoxy) is 1. The molecule has 2 aromatic carbocycles. The van der Waals surface area contributed by atoms with Gasteiger partial charge in [0, 0.05) is 43.1 Å². The van der Waals surface area contributed by atoms with Gasteiger partial charge in [-0.1, -0.05) is 6.07 Å². The van der Waals surface area contributed by atoms with E-state index < -0.39 is 0 Å². The number of rotatable bonds is 5. The van der Waals surface area contributed by atoms with Crippen LogP contribution in [0, 0.1) is 0 Å². The fourth-order valence-corrected chi connectivity index (χ4v) is 3.51. The van der Waals surface area contributed by atoms with E-state index in [9.17, 15) is 4.79 Å². The summed E-state index contributed by atoms with van der Waals surface area (Å²) in [6, 6.07) is 20.7. The number of carbonyl (C=O) groups excluding carboxylic acids is 1. The molecule has 0 radical (unpaired) electrons. The van der Waals surface area contributed by atoms with Crippen molar-refractivity contribution in [2.45, 2.75) is 0 Å². The van der Waals surface area contributed by atoms with Gasteiger partial charge in [-0.05, 0) is 60.7 Å². The normalized spacial score (nSPS) is 13.8. The topological polar surface area (TPSA) is 83.7 Å². The molecular weight excluding hydrogens is 378 g/mol. The third-order valence-corrected chi connectivity index (χ3v) is 5.20. The standard InChI is InChI=1S/C23H25N5O2/c1-30-20-11-5-17(6-12-20)23(29)25-18-7-9-19(10-8-18)27-13-15-28(16-14-27)22-4-2-3-21(24)26-22/h2-12H,13-16H2,1H3,(H2,24,26)(H,25,29). The molecule has 154 valence electrons. The van der Waals surface area contributed by atoms with Crippen molar-refractivity contribution in [3.8, 4) is 5.75 Å². The number of pyridine rings is 1. The fourth-order valence-electron chi connectivity index (χ4n) is 3.51. The van der Waals surface area contributed by atoms with Crippen molar-refractivity contribution in [2.24, 2.45) is 0 Å². The SMILES string of the molecule is COc1ccc(C(=O)Nc2ccc(N3CCN(c4cccc(N)n4)CC3)cc2)cc1. The number of nitrogens with one attached hydrogen (secondary N) is 1. The molecule has 7 nitrogen and oxygen atoms in total. The maximum atomic E-state index is 12.4. The molecule has 30 heavy (non-hydrogen) atoms. The van der Waals surface area contributed by atoms with Crippen LogP contribution < -0.4 is 25.6 Å². The third-order valence-electron chi connectivity index (χ3n) is 5.20. The second-order valence-corrected chi connectivity index (χ2v) is 7.12. The van der Waals surface area contributed by atoms with Gasteiger partial charge in [-0.2, -0.15) is 0 Å². The highest BCUT2D eigenvalue weighted by Gasteiger charge is 2.18. The van der Waals surface area contributed by atoms with Crippen LogP contribution in [-0.4, -0.2) is 44.2 Å². The van der Waals surface area contributed by atoms with E-state index in [4.69, 9.17) is 10.5 Å². The van der Waals surface area contributed by atoms with Crippen molar-refractivity contribution in [2.75, 3.05) is 54.1 Å². The summed E-state index contributed by atoms with van der Waals surface area (Å²) in [6.45, 7) is 3.56. The lowest BCUT2D eigenvalue weighted by Crippen LogP contribution is -2.46. The summed E-state index contributed by atoms with van der Waals surface area (Å²) in [6.07, 6.45) is 0. The number of amides is 1. The van der Waals surface area contributed by atoms with Gasteiger partial charge in [-0.25, -0.2) is 4.98 Å². The maximum absolute atomic E-state index is 12.4. The van der Waals surface area contributed by atoms with Gasteiger partial charge in [0.25, 0.3) is 5.91 Å². The Labute approximate surface area is 176 Å². The Morgan fingerprint density at radius 1 is 0.933 bits per heavy atom. The van der Waals surface area contributed by atoms with Gasteiger partial charge >= 0.3 is 0 Å². The average molecular weight is 403 g/mol. The molecule has 1 saturated heterocycles. The number of aromatic nitrogens is 1. The van der Waals surface area contributed by atoms with Crippen molar-refractivity contribution in [1.82, 2.24) is 4.98 Å². The number of nitrogens with two attached hydrogens (primary N) is 1. The van der Waals surface area contributed by atoms with E-state index in [1.54, 1.807) is 37.4 Å². The second kappa shape index (κ2) is 8.73. The Bertz CT molecular complexity index is 997. The van der Waals surface area contributed by atoms with Gasteiger partial charge in [-0.15, -0.1) is 0 Å². The molecule has 1 amide bonds. The second-order valence-electron chi connectivity index (χ2n) is 7.12. The quantitative estimate of drug-likeness (QED) is 0.680. The molecule has 3 aromatic rings. The molecule has 2 heterocycles. The van der Waals surface area contributed by atoms with Gasteiger partial charge in [0.1, 0.15) is 17.4 Å². The molecule has 0 aliphatic carbocycles. The highest BCUT2D eigenvalue weighted by Crippen LogP contribution is 2.22. The first-order valence-corrected chi connectivity index (χ1v) is 9.90. The molecule has 1 aliphatic heterocycles. The number of carbonyl (C=O) groups is 1. The van der Waals surface area contributed by atoms with E-state index in [1.165, 1.54) is 0 Å². The van der Waals surface area contributed by atoms with Crippen LogP contribution in [0.2, 0.25) is 0 Å². The molecule has 0 atom stereocenters. The molecule has 7 heteroatoms. The van der Waals surface area contributed by atoms with E-state index in [1.807, 2.05) is 36.4 Å². The number of anilines is 4. The fraction of sp³-hybridized carbons (Fsp3) is 0.217. The first-order valence-electron chi connectivity index (χ1n) is 9.90. The summed E-state index contributed by atoms with van der Waals surface area (Å²) in [4.78, 5) is 21.4. The van der Waals surface area contributed by atoms with E-state index in [0.29, 0.717) is 11.4 Å². The molecular formula is C23H25N5O2. The summed E-state index contributed by atoms with van der Waals surface area (Å²) in [5, 5.41) is 2.93. The zero-order valence-corrected chi connectivity index (χ0v) is 16.9. The highest BCUT2D eigenvalue weighted by molar-refractivity contribution is 6.04. The number of nitrogens with zero attached hydrogens (tertiary/aromatic N) is 3. The van der Waals surface area contributed by atoms with Crippen LogP contribution in [0.5, 0.6) is 5.75 Å². The van der Waals surface area contributed by atoms with Crippen LogP contribution >= 0.6 is 0 Å². The summed E-state index contributed by atoms with van der Waals surface area (Å²) in [5.74, 6) is 2.05. The van der Waals surface area contributed by atoms with Gasteiger partial charge in [-0.3, -0.25) is 4.79 Å². The van der Waals surface area contributed by atoms with Gasteiger partial charge < -0.3 is 25.6 Å². The zero-order valence-electron chi connectivity index (χ0n) is 16.9. The monoisotopic (exact) mass is 403 g/mol. The van der Waals surface area contributed by atoms with Crippen LogP contribution in [0.15, 0.2) is 66.7 Å². The minimum absolute atomic E-state index is 0.145. The highest BCUT2D eigenvalue weighted by atomic mass is 16.5. The molecule has 1 aliphatic rings. The molecule has 0 saturated carbocycles. The van der Waals surface area contributed by atoms with Crippen LogP contribution in [0.1, 0.15) is 10.4 Å². The van der Waals surface area contributed by atoms with Crippen molar-refractivity contribution in [3.63, 3.8) is 0 Å². The van der Waals surface area contributed by atoms with Crippen molar-refractivity contribution in [3.05, 3.63) is 72.3 Å². The molecule has 1 fully saturated rings. The molecule has 0 unspecified atom stereocenters. The number of piperazine rings is 1. The lowest BCUT2D eigenvalue weighted by Gasteiger charge is -2.36. The largest absolute Gasteiger partial charge is 0.497 e. The average Bonchev–Trinajstić information content (AvgIpc) is 2.80. The van der Waals surface area contributed by atoms with E-state index >= 15 is 0 Å². The maximum Gasteiger partial charge on any atom is 0.255 e. The van der Waals surface area contributed by atoms with Crippen LogP contribution in [0.3, 0.4) is 0 Å². The summed E-state index contributed by atoms with van der Waals surface area (Å²) in [7, 11) is 1.60. The lowest BCUT2D eigenvalue weighted by atomic mass is 10.2. The van der Waals surface area contributed by atoms with E-state index in [2.05, 4.69) is 20.1 Å². The number of methoxy groups -OCH3 is 1. The zero-order chi connectivity index (χ0) is 20.9. The summed E-state index contributed by atoms with van der Waals surface area (Å²) >= 11 is 0. The van der Waals surface area contributed by atoms with Crippen LogP contribution in [0.4, 0.5) is 23.0 Å². The van der Waals surface area contributed by atoms with E-state index in [-0.39, 0.29) is 5.91 Å². The number of hydrogen-bond acceptors (Lipinski definition) is 6. The Kier molecular flexibility index (Phi) is 5.70. The van der Waals surface area contributed by atoms with Gasteiger partial charge in [0.2, 0.25) is 0 Å². The summed E-state index contributed by atoms with van der Waals surface area (Å²) in [5.41, 5.74) is 8.29. The first-order chi connectivity index (χ1) is 14.6. The van der Waals surface area contributed by atoms with Crippen LogP contribution in [0.25, 0.3) is 0 Å². The smallest absolute Gasteiger partial charge is 0.255 e. The Morgan fingerprint density at radius 3 is 2.23 bits per heavy atom. The predicted octanol–water partition coefficient (Wildman–Crippen LogP) is 3.25. The molecule has 0 spiro atoms. The molecule has 4 rings (SSSR count). The number of nitrogen functional groups attached to an aromatic ring is 1. The Morgan fingerprint density at radius 2 is 1.60 bits per heavy atom. The third kappa shape index (κ3) is 4.46. The minimum atomic E-state index is -0.145. The number of benzene rings is 2.